The molecule has 0 amide bonds. The van der Waals surface area contributed by atoms with E-state index in [1.807, 2.05) is 0 Å². The van der Waals surface area contributed by atoms with Gasteiger partial charge in [-0.1, -0.05) is 17.7 Å². The normalized spacial score (nSPS) is 11.6. The molecule has 0 unspecified atom stereocenters. The Balaban J connectivity index is 1.62. The van der Waals surface area contributed by atoms with E-state index in [1.54, 1.807) is 24.6 Å². The molecule has 1 aromatic carbocycles. The number of benzene rings is 1. The van der Waals surface area contributed by atoms with Gasteiger partial charge in [-0.15, -0.1) is 0 Å². The summed E-state index contributed by atoms with van der Waals surface area (Å²) < 4.78 is 57.9. The molecule has 2 aromatic heterocycles. The van der Waals surface area contributed by atoms with Gasteiger partial charge in [-0.2, -0.15) is 23.4 Å². The van der Waals surface area contributed by atoms with Crippen molar-refractivity contribution >= 4 is 40.3 Å². The van der Waals surface area contributed by atoms with Gasteiger partial charge in [0.05, 0.1) is 41.7 Å². The molecular formula is C19H19ClF4N6OS. The Kier molecular flexibility index (Phi) is 7.36. The molecule has 3 aromatic rings. The van der Waals surface area contributed by atoms with Crippen LogP contribution in [0.1, 0.15) is 17.0 Å². The first-order valence-corrected chi connectivity index (χ1v) is 10.0. The van der Waals surface area contributed by atoms with Crippen molar-refractivity contribution in [3.63, 3.8) is 0 Å². The van der Waals surface area contributed by atoms with E-state index in [2.05, 4.69) is 25.6 Å². The van der Waals surface area contributed by atoms with Gasteiger partial charge in [-0.3, -0.25) is 4.68 Å². The zero-order chi connectivity index (χ0) is 23.5. The molecule has 2 heterocycles. The van der Waals surface area contributed by atoms with Crippen LogP contribution in [0.25, 0.3) is 0 Å². The van der Waals surface area contributed by atoms with E-state index in [1.165, 1.54) is 29.2 Å². The maximum Gasteiger partial charge on any atom is 0.411 e. The van der Waals surface area contributed by atoms with Crippen molar-refractivity contribution < 1.29 is 22.3 Å². The molecule has 0 spiro atoms. The van der Waals surface area contributed by atoms with Crippen LogP contribution in [0, 0.1) is 19.7 Å². The molecule has 0 aliphatic rings. The quantitative estimate of drug-likeness (QED) is 0.363. The molecule has 0 radical (unpaired) electrons. The average Bonchev–Trinajstić information content (AvgIpc) is 3.23. The van der Waals surface area contributed by atoms with Gasteiger partial charge in [-0.05, 0) is 38.2 Å². The van der Waals surface area contributed by atoms with Crippen LogP contribution in [0.4, 0.5) is 28.9 Å². The van der Waals surface area contributed by atoms with Crippen LogP contribution in [0.2, 0.25) is 5.02 Å². The summed E-state index contributed by atoms with van der Waals surface area (Å²) in [7, 11) is 0. The fraction of sp³-hybridized carbons (Fsp3) is 0.316. The summed E-state index contributed by atoms with van der Waals surface area (Å²) in [5, 5.41) is 14.8. The third-order valence-electron chi connectivity index (χ3n) is 4.37. The summed E-state index contributed by atoms with van der Waals surface area (Å²) in [6, 6.07) is 4.47. The molecule has 0 atom stereocenters. The van der Waals surface area contributed by atoms with Gasteiger partial charge < -0.3 is 15.4 Å². The van der Waals surface area contributed by atoms with Gasteiger partial charge in [0.1, 0.15) is 19.2 Å². The minimum atomic E-state index is -4.41. The lowest BCUT2D eigenvalue weighted by Crippen LogP contribution is -2.20. The highest BCUT2D eigenvalue weighted by Gasteiger charge is 2.27. The zero-order valence-electron chi connectivity index (χ0n) is 17.0. The number of nitrogens with zero attached hydrogens (tertiary/aromatic N) is 4. The minimum absolute atomic E-state index is 0.144. The van der Waals surface area contributed by atoms with Crippen molar-refractivity contribution in [2.75, 3.05) is 17.2 Å². The Hall–Kier alpha value is -2.70. The van der Waals surface area contributed by atoms with E-state index in [4.69, 9.17) is 23.8 Å². The first kappa shape index (κ1) is 24.0. The number of aromatic nitrogens is 4. The molecule has 0 fully saturated rings. The van der Waals surface area contributed by atoms with Crippen molar-refractivity contribution in [3.8, 4) is 0 Å². The third kappa shape index (κ3) is 6.17. The van der Waals surface area contributed by atoms with Gasteiger partial charge in [0.15, 0.2) is 5.11 Å². The number of thiocarbonyl (C=S) groups is 1. The average molecular weight is 491 g/mol. The molecule has 0 bridgehead atoms. The van der Waals surface area contributed by atoms with Crippen molar-refractivity contribution in [1.29, 1.82) is 0 Å². The molecule has 7 nitrogen and oxygen atoms in total. The maximum absolute atomic E-state index is 14.1. The summed E-state index contributed by atoms with van der Waals surface area (Å²) in [4.78, 5) is 0. The van der Waals surface area contributed by atoms with Gasteiger partial charge in [0.25, 0.3) is 0 Å². The topological polar surface area (TPSA) is 68.9 Å². The Bertz CT molecular complexity index is 1090. The van der Waals surface area contributed by atoms with Crippen molar-refractivity contribution in [2.24, 2.45) is 0 Å². The molecule has 13 heteroatoms. The Morgan fingerprint density at radius 1 is 1.25 bits per heavy atom. The standard InChI is InChI=1S/C19H19ClF4N6OS/c1-11-17(12(2)30(28-11)8-14-15(20)4-3-5-16(14)21)27-18(32)26-13-6-25-29(7-13)10-31-9-19(22,23)24/h3-7H,8-10H2,1-2H3,(H2,26,27,32). The van der Waals surface area contributed by atoms with Crippen LogP contribution in [0.15, 0.2) is 30.6 Å². The predicted octanol–water partition coefficient (Wildman–Crippen LogP) is 4.88. The number of nitrogens with one attached hydrogen (secondary N) is 2. The number of alkyl halides is 3. The zero-order valence-corrected chi connectivity index (χ0v) is 18.6. The highest BCUT2D eigenvalue weighted by Crippen LogP contribution is 2.24. The molecule has 0 saturated heterocycles. The van der Waals surface area contributed by atoms with Crippen LogP contribution < -0.4 is 10.6 Å². The first-order chi connectivity index (χ1) is 15.0. The molecule has 172 valence electrons. The Morgan fingerprint density at radius 3 is 2.69 bits per heavy atom. The van der Waals surface area contributed by atoms with E-state index in [-0.39, 0.29) is 18.4 Å². The molecule has 0 aliphatic heterocycles. The molecule has 2 N–H and O–H groups in total. The second-order valence-corrected chi connectivity index (χ2v) is 7.66. The number of aryl methyl sites for hydroxylation is 1. The van der Waals surface area contributed by atoms with Crippen LogP contribution in [-0.4, -0.2) is 37.5 Å². The predicted molar refractivity (Wildman–Crippen MR) is 116 cm³/mol. The number of anilines is 2. The fourth-order valence-electron chi connectivity index (χ4n) is 2.89. The Morgan fingerprint density at radius 2 is 2.00 bits per heavy atom. The van der Waals surface area contributed by atoms with Gasteiger partial charge in [0.2, 0.25) is 0 Å². The molecular weight excluding hydrogens is 472 g/mol. The summed E-state index contributed by atoms with van der Waals surface area (Å²) in [5.74, 6) is -0.423. The summed E-state index contributed by atoms with van der Waals surface area (Å²) in [5.41, 5.74) is 2.76. The second-order valence-electron chi connectivity index (χ2n) is 6.84. The summed E-state index contributed by atoms with van der Waals surface area (Å²) in [6.07, 6.45) is -1.56. The number of hydrogen-bond acceptors (Lipinski definition) is 4. The molecule has 3 rings (SSSR count). The van der Waals surface area contributed by atoms with Crippen molar-refractivity contribution in [1.82, 2.24) is 19.6 Å². The lowest BCUT2D eigenvalue weighted by atomic mass is 10.2. The first-order valence-electron chi connectivity index (χ1n) is 9.25. The fourth-order valence-corrected chi connectivity index (χ4v) is 3.34. The minimum Gasteiger partial charge on any atom is -0.350 e. The van der Waals surface area contributed by atoms with E-state index < -0.39 is 18.6 Å². The lowest BCUT2D eigenvalue weighted by Gasteiger charge is -2.11. The number of hydrogen-bond donors (Lipinski definition) is 2. The van der Waals surface area contributed by atoms with E-state index in [0.29, 0.717) is 33.3 Å². The third-order valence-corrected chi connectivity index (χ3v) is 4.93. The monoisotopic (exact) mass is 490 g/mol. The highest BCUT2D eigenvalue weighted by molar-refractivity contribution is 7.80. The van der Waals surface area contributed by atoms with Gasteiger partial charge >= 0.3 is 6.18 Å². The van der Waals surface area contributed by atoms with E-state index in [0.717, 1.165) is 0 Å². The van der Waals surface area contributed by atoms with Crippen molar-refractivity contribution in [3.05, 3.63) is 58.4 Å². The smallest absolute Gasteiger partial charge is 0.350 e. The number of ether oxygens (including phenoxy) is 1. The number of rotatable bonds is 7. The molecule has 32 heavy (non-hydrogen) atoms. The van der Waals surface area contributed by atoms with Gasteiger partial charge in [-0.25, -0.2) is 9.07 Å². The van der Waals surface area contributed by atoms with Crippen molar-refractivity contribution in [2.45, 2.75) is 33.3 Å². The highest BCUT2D eigenvalue weighted by atomic mass is 35.5. The maximum atomic E-state index is 14.1. The Labute approximate surface area is 191 Å². The second kappa shape index (κ2) is 9.84. The van der Waals surface area contributed by atoms with E-state index >= 15 is 0 Å². The summed E-state index contributed by atoms with van der Waals surface area (Å²) in [6.45, 7) is 2.00. The SMILES string of the molecule is Cc1nn(Cc2c(F)cccc2Cl)c(C)c1NC(=S)Nc1cnn(COCC(F)(F)F)c1. The van der Waals surface area contributed by atoms with E-state index in [9.17, 15) is 17.6 Å². The molecule has 0 saturated carbocycles. The lowest BCUT2D eigenvalue weighted by molar-refractivity contribution is -0.182. The van der Waals surface area contributed by atoms with Crippen LogP contribution in [0.5, 0.6) is 0 Å². The van der Waals surface area contributed by atoms with Crippen LogP contribution in [0.3, 0.4) is 0 Å². The van der Waals surface area contributed by atoms with Gasteiger partial charge in [0, 0.05) is 10.6 Å². The largest absolute Gasteiger partial charge is 0.411 e. The van der Waals surface area contributed by atoms with Crippen LogP contribution >= 0.6 is 23.8 Å². The number of halogens is 5. The molecule has 0 aliphatic carbocycles. The van der Waals surface area contributed by atoms with Crippen LogP contribution in [-0.2, 0) is 18.0 Å². The summed E-state index contributed by atoms with van der Waals surface area (Å²) >= 11 is 11.4.